The second kappa shape index (κ2) is 6.10. The predicted molar refractivity (Wildman–Crippen MR) is 87.9 cm³/mol. The molecule has 0 amide bonds. The number of aromatic nitrogens is 1. The van der Waals surface area contributed by atoms with Crippen LogP contribution in [0.25, 0.3) is 10.9 Å². The summed E-state index contributed by atoms with van der Waals surface area (Å²) in [6.45, 7) is 0.765. The summed E-state index contributed by atoms with van der Waals surface area (Å²) < 4.78 is 1.01. The quantitative estimate of drug-likeness (QED) is 0.894. The lowest BCUT2D eigenvalue weighted by Gasteiger charge is -2.32. The summed E-state index contributed by atoms with van der Waals surface area (Å²) in [4.78, 5) is 4.56. The van der Waals surface area contributed by atoms with Gasteiger partial charge in [0.1, 0.15) is 0 Å². The van der Waals surface area contributed by atoms with Crippen LogP contribution in [0.15, 0.2) is 34.9 Å². The number of hydrogen-bond donors (Lipinski definition) is 2. The Morgan fingerprint density at radius 1 is 1.30 bits per heavy atom. The number of nitrogens with two attached hydrogens (primary N) is 1. The van der Waals surface area contributed by atoms with Gasteiger partial charge in [-0.25, -0.2) is 0 Å². The van der Waals surface area contributed by atoms with Gasteiger partial charge in [-0.2, -0.15) is 0 Å². The molecule has 1 fully saturated rings. The molecule has 2 atom stereocenters. The van der Waals surface area contributed by atoms with Gasteiger partial charge in [-0.15, -0.1) is 0 Å². The third-order valence-electron chi connectivity index (χ3n) is 4.23. The molecule has 3 rings (SSSR count). The van der Waals surface area contributed by atoms with Crippen LogP contribution in [0.5, 0.6) is 0 Å². The summed E-state index contributed by atoms with van der Waals surface area (Å²) in [7, 11) is 0. The first-order valence-electron chi connectivity index (χ1n) is 7.29. The highest BCUT2D eigenvalue weighted by molar-refractivity contribution is 9.10. The number of benzene rings is 1. The van der Waals surface area contributed by atoms with Gasteiger partial charge in [-0.1, -0.05) is 25.0 Å². The second-order valence-corrected chi connectivity index (χ2v) is 6.48. The molecule has 0 bridgehead atoms. The normalized spacial score (nSPS) is 22.9. The van der Waals surface area contributed by atoms with Crippen molar-refractivity contribution in [2.75, 3.05) is 11.9 Å². The number of pyridine rings is 1. The number of hydrogen-bond acceptors (Lipinski definition) is 3. The number of nitrogens with zero attached hydrogens (tertiary/aromatic N) is 1. The lowest BCUT2D eigenvalue weighted by atomic mass is 9.84. The maximum absolute atomic E-state index is 5.92. The lowest BCUT2D eigenvalue weighted by Crippen LogP contribution is -2.36. The molecule has 0 radical (unpaired) electrons. The molecule has 1 aliphatic rings. The maximum atomic E-state index is 5.92. The van der Waals surface area contributed by atoms with Crippen molar-refractivity contribution in [3.63, 3.8) is 0 Å². The molecule has 20 heavy (non-hydrogen) atoms. The van der Waals surface area contributed by atoms with E-state index in [-0.39, 0.29) is 0 Å². The van der Waals surface area contributed by atoms with Gasteiger partial charge < -0.3 is 11.1 Å². The zero-order valence-electron chi connectivity index (χ0n) is 11.5. The molecule has 1 aliphatic carbocycles. The van der Waals surface area contributed by atoms with Crippen LogP contribution in [0.3, 0.4) is 0 Å². The molecule has 0 spiro atoms. The SMILES string of the molecule is NCC1CCCCC1Nc1cccc2cc(Br)cnc12. The number of fused-ring (bicyclic) bond motifs is 1. The van der Waals surface area contributed by atoms with E-state index in [1.54, 1.807) is 0 Å². The van der Waals surface area contributed by atoms with Gasteiger partial charge in [-0.3, -0.25) is 4.98 Å². The Kier molecular flexibility index (Phi) is 4.22. The van der Waals surface area contributed by atoms with E-state index in [9.17, 15) is 0 Å². The summed E-state index contributed by atoms with van der Waals surface area (Å²) in [5.41, 5.74) is 8.08. The molecule has 106 valence electrons. The van der Waals surface area contributed by atoms with E-state index in [0.29, 0.717) is 12.0 Å². The van der Waals surface area contributed by atoms with Crippen LogP contribution in [0.4, 0.5) is 5.69 Å². The zero-order chi connectivity index (χ0) is 13.9. The molecule has 2 unspecified atom stereocenters. The van der Waals surface area contributed by atoms with E-state index < -0.39 is 0 Å². The van der Waals surface area contributed by atoms with Crippen LogP contribution in [-0.4, -0.2) is 17.6 Å². The largest absolute Gasteiger partial charge is 0.380 e. The van der Waals surface area contributed by atoms with Crippen LogP contribution in [0.1, 0.15) is 25.7 Å². The minimum Gasteiger partial charge on any atom is -0.380 e. The molecule has 0 saturated heterocycles. The minimum absolute atomic E-state index is 0.477. The number of para-hydroxylation sites is 1. The van der Waals surface area contributed by atoms with Gasteiger partial charge in [0.2, 0.25) is 0 Å². The molecule has 1 heterocycles. The summed E-state index contributed by atoms with van der Waals surface area (Å²) in [5.74, 6) is 0.578. The van der Waals surface area contributed by atoms with Crippen molar-refractivity contribution in [2.24, 2.45) is 11.7 Å². The highest BCUT2D eigenvalue weighted by atomic mass is 79.9. The molecular weight excluding hydrogens is 314 g/mol. The van der Waals surface area contributed by atoms with E-state index in [4.69, 9.17) is 5.73 Å². The fraction of sp³-hybridized carbons (Fsp3) is 0.438. The number of halogens is 1. The molecule has 0 aliphatic heterocycles. The van der Waals surface area contributed by atoms with Crippen LogP contribution in [-0.2, 0) is 0 Å². The smallest absolute Gasteiger partial charge is 0.0934 e. The van der Waals surface area contributed by atoms with E-state index in [1.165, 1.54) is 25.7 Å². The van der Waals surface area contributed by atoms with Crippen molar-refractivity contribution in [1.29, 1.82) is 0 Å². The van der Waals surface area contributed by atoms with Gasteiger partial charge in [-0.05, 0) is 53.4 Å². The average Bonchev–Trinajstić information content (AvgIpc) is 2.47. The number of nitrogens with one attached hydrogen (secondary N) is 1. The van der Waals surface area contributed by atoms with Crippen molar-refractivity contribution in [2.45, 2.75) is 31.7 Å². The lowest BCUT2D eigenvalue weighted by molar-refractivity contribution is 0.333. The Bertz CT molecular complexity index is 599. The summed E-state index contributed by atoms with van der Waals surface area (Å²) in [5, 5.41) is 4.84. The first-order chi connectivity index (χ1) is 9.78. The van der Waals surface area contributed by atoms with Crippen molar-refractivity contribution in [1.82, 2.24) is 4.98 Å². The second-order valence-electron chi connectivity index (χ2n) is 5.56. The van der Waals surface area contributed by atoms with Crippen molar-refractivity contribution in [3.05, 3.63) is 34.9 Å². The van der Waals surface area contributed by atoms with Crippen LogP contribution < -0.4 is 11.1 Å². The highest BCUT2D eigenvalue weighted by Crippen LogP contribution is 2.30. The van der Waals surface area contributed by atoms with Gasteiger partial charge in [0.15, 0.2) is 0 Å². The highest BCUT2D eigenvalue weighted by Gasteiger charge is 2.24. The van der Waals surface area contributed by atoms with E-state index in [1.807, 2.05) is 6.20 Å². The van der Waals surface area contributed by atoms with Gasteiger partial charge in [0, 0.05) is 22.1 Å². The van der Waals surface area contributed by atoms with E-state index in [2.05, 4.69) is 50.5 Å². The third-order valence-corrected chi connectivity index (χ3v) is 4.66. The summed E-state index contributed by atoms with van der Waals surface area (Å²) in [6, 6.07) is 8.88. The number of anilines is 1. The van der Waals surface area contributed by atoms with Crippen LogP contribution >= 0.6 is 15.9 Å². The minimum atomic E-state index is 0.477. The monoisotopic (exact) mass is 333 g/mol. The molecule has 2 aromatic rings. The Labute approximate surface area is 128 Å². The molecular formula is C16H20BrN3. The van der Waals surface area contributed by atoms with Crippen molar-refractivity contribution in [3.8, 4) is 0 Å². The van der Waals surface area contributed by atoms with E-state index >= 15 is 0 Å². The Balaban J connectivity index is 1.90. The summed E-state index contributed by atoms with van der Waals surface area (Å²) in [6.07, 6.45) is 6.89. The predicted octanol–water partition coefficient (Wildman–Crippen LogP) is 3.93. The zero-order valence-corrected chi connectivity index (χ0v) is 13.1. The molecule has 1 aromatic carbocycles. The average molecular weight is 334 g/mol. The maximum Gasteiger partial charge on any atom is 0.0934 e. The Hall–Kier alpha value is -1.13. The van der Waals surface area contributed by atoms with Crippen LogP contribution in [0, 0.1) is 5.92 Å². The van der Waals surface area contributed by atoms with Crippen molar-refractivity contribution >= 4 is 32.5 Å². The molecule has 3 N–H and O–H groups in total. The fourth-order valence-electron chi connectivity index (χ4n) is 3.13. The fourth-order valence-corrected chi connectivity index (χ4v) is 3.48. The molecule has 1 saturated carbocycles. The Morgan fingerprint density at radius 2 is 2.15 bits per heavy atom. The van der Waals surface area contributed by atoms with E-state index in [0.717, 1.165) is 27.6 Å². The van der Waals surface area contributed by atoms with Gasteiger partial charge >= 0.3 is 0 Å². The first-order valence-corrected chi connectivity index (χ1v) is 8.08. The first kappa shape index (κ1) is 13.8. The molecule has 3 nitrogen and oxygen atoms in total. The van der Waals surface area contributed by atoms with Gasteiger partial charge in [0.25, 0.3) is 0 Å². The standard InChI is InChI=1S/C16H20BrN3/c17-13-8-11-5-3-7-15(16(11)19-10-13)20-14-6-2-1-4-12(14)9-18/h3,5,7-8,10,12,14,20H,1-2,4,6,9,18H2. The third kappa shape index (κ3) is 2.81. The van der Waals surface area contributed by atoms with Gasteiger partial charge in [0.05, 0.1) is 11.2 Å². The van der Waals surface area contributed by atoms with Crippen LogP contribution in [0.2, 0.25) is 0 Å². The topological polar surface area (TPSA) is 50.9 Å². The summed E-state index contributed by atoms with van der Waals surface area (Å²) >= 11 is 3.48. The van der Waals surface area contributed by atoms with Crippen molar-refractivity contribution < 1.29 is 0 Å². The molecule has 1 aromatic heterocycles. The number of rotatable bonds is 3. The Morgan fingerprint density at radius 3 is 3.00 bits per heavy atom. The molecule has 4 heteroatoms.